The molecule has 0 aromatic heterocycles. The summed E-state index contributed by atoms with van der Waals surface area (Å²) in [6.45, 7) is 3.24. The van der Waals surface area contributed by atoms with Crippen molar-refractivity contribution in [2.45, 2.75) is 44.8 Å². The molecule has 1 aliphatic heterocycles. The Morgan fingerprint density at radius 2 is 1.71 bits per heavy atom. The monoisotopic (exact) mass is 607 g/mol. The van der Waals surface area contributed by atoms with Crippen LogP contribution < -0.4 is 14.5 Å². The lowest BCUT2D eigenvalue weighted by molar-refractivity contribution is -0.175. The van der Waals surface area contributed by atoms with Gasteiger partial charge in [-0.15, -0.1) is 0 Å². The molecule has 4 rings (SSSR count). The minimum Gasteiger partial charge on any atom is -0.407 e. The van der Waals surface area contributed by atoms with Crippen molar-refractivity contribution in [1.82, 2.24) is 4.90 Å². The van der Waals surface area contributed by atoms with Gasteiger partial charge in [0.05, 0.1) is 30.1 Å². The maximum absolute atomic E-state index is 14.1. The van der Waals surface area contributed by atoms with Crippen LogP contribution in [0.3, 0.4) is 0 Å². The zero-order chi connectivity index (χ0) is 31.2. The molecule has 2 aromatic rings. The van der Waals surface area contributed by atoms with E-state index in [1.165, 1.54) is 4.90 Å². The number of ether oxygens (including phenoxy) is 2. The number of benzene rings is 2. The fourth-order valence-corrected chi connectivity index (χ4v) is 4.69. The molecule has 2 aromatic carbocycles. The SMILES string of the molecule is CN(C(=O)Oc1c(N2CCN(CCOC3CC(O)C3(C)C)C2=O)cc(C(F)(F)F)cc1C(F)(F)F)c1ccc(F)cc1. The van der Waals surface area contributed by atoms with Crippen molar-refractivity contribution in [3.05, 3.63) is 53.3 Å². The minimum atomic E-state index is -5.41. The van der Waals surface area contributed by atoms with Gasteiger partial charge in [-0.05, 0) is 36.4 Å². The number of aliphatic hydroxyl groups excluding tert-OH is 1. The van der Waals surface area contributed by atoms with E-state index in [2.05, 4.69) is 0 Å². The Bertz CT molecular complexity index is 1330. The van der Waals surface area contributed by atoms with Crippen LogP contribution in [0.15, 0.2) is 36.4 Å². The average molecular weight is 608 g/mol. The molecule has 230 valence electrons. The van der Waals surface area contributed by atoms with Gasteiger partial charge in [0.25, 0.3) is 0 Å². The lowest BCUT2D eigenvalue weighted by Gasteiger charge is -2.48. The molecule has 0 spiro atoms. The normalized spacial score (nSPS) is 20.5. The number of anilines is 2. The first kappa shape index (κ1) is 31.3. The molecule has 1 saturated carbocycles. The highest BCUT2D eigenvalue weighted by Crippen LogP contribution is 2.47. The number of nitrogens with zero attached hydrogens (tertiary/aromatic N) is 3. The quantitative estimate of drug-likeness (QED) is 0.396. The third-order valence-electron chi connectivity index (χ3n) is 7.57. The van der Waals surface area contributed by atoms with Gasteiger partial charge < -0.3 is 19.5 Å². The zero-order valence-corrected chi connectivity index (χ0v) is 22.7. The molecule has 8 nitrogen and oxygen atoms in total. The molecular formula is C27H28F7N3O5. The van der Waals surface area contributed by atoms with Gasteiger partial charge >= 0.3 is 24.5 Å². The summed E-state index contributed by atoms with van der Waals surface area (Å²) in [5.74, 6) is -1.94. The van der Waals surface area contributed by atoms with Gasteiger partial charge in [0.15, 0.2) is 5.75 Å². The molecule has 15 heteroatoms. The number of urea groups is 1. The summed E-state index contributed by atoms with van der Waals surface area (Å²) in [6, 6.07) is 3.48. The van der Waals surface area contributed by atoms with E-state index < -0.39 is 64.4 Å². The molecule has 42 heavy (non-hydrogen) atoms. The molecule has 1 heterocycles. The highest BCUT2D eigenvalue weighted by atomic mass is 19.4. The molecule has 1 aliphatic carbocycles. The second-order valence-electron chi connectivity index (χ2n) is 10.6. The van der Waals surface area contributed by atoms with E-state index in [0.29, 0.717) is 17.4 Å². The standard InChI is InChI=1S/C27H28F7N3O5/c1-25(2)20(38)14-21(25)41-11-10-36-8-9-37(23(36)39)19-13-15(26(29,30)31)12-18(27(32,33)34)22(19)42-24(40)35(3)17-6-4-16(28)5-7-17/h4-7,12-13,20-21,38H,8-11,14H2,1-3H3. The molecular weight excluding hydrogens is 579 g/mol. The summed E-state index contributed by atoms with van der Waals surface area (Å²) < 4.78 is 107. The number of carbonyl (C=O) groups is 2. The van der Waals surface area contributed by atoms with E-state index in [-0.39, 0.29) is 44.1 Å². The number of alkyl halides is 6. The van der Waals surface area contributed by atoms with Crippen molar-refractivity contribution < 1.29 is 54.9 Å². The van der Waals surface area contributed by atoms with Gasteiger partial charge in [0, 0.05) is 44.2 Å². The van der Waals surface area contributed by atoms with Crippen LogP contribution in [0.25, 0.3) is 0 Å². The maximum atomic E-state index is 14.1. The van der Waals surface area contributed by atoms with Crippen molar-refractivity contribution in [3.63, 3.8) is 0 Å². The van der Waals surface area contributed by atoms with Gasteiger partial charge in [-0.25, -0.2) is 14.0 Å². The molecule has 0 radical (unpaired) electrons. The highest BCUT2D eigenvalue weighted by molar-refractivity contribution is 5.97. The number of carbonyl (C=O) groups excluding carboxylic acids is 2. The first-order valence-electron chi connectivity index (χ1n) is 12.8. The van der Waals surface area contributed by atoms with Crippen LogP contribution in [0, 0.1) is 11.2 Å². The maximum Gasteiger partial charge on any atom is 0.420 e. The molecule has 0 bridgehead atoms. The van der Waals surface area contributed by atoms with Crippen molar-refractivity contribution in [2.24, 2.45) is 5.41 Å². The third kappa shape index (κ3) is 6.26. The summed E-state index contributed by atoms with van der Waals surface area (Å²) in [4.78, 5) is 28.7. The Morgan fingerprint density at radius 3 is 2.26 bits per heavy atom. The summed E-state index contributed by atoms with van der Waals surface area (Å²) in [6.07, 6.45) is -12.5. The van der Waals surface area contributed by atoms with Crippen molar-refractivity contribution in [2.75, 3.05) is 43.1 Å². The van der Waals surface area contributed by atoms with Crippen LogP contribution in [-0.4, -0.2) is 67.6 Å². The highest BCUT2D eigenvalue weighted by Gasteiger charge is 2.48. The molecule has 2 aliphatic rings. The minimum absolute atomic E-state index is 0.0150. The van der Waals surface area contributed by atoms with Gasteiger partial charge in [-0.2, -0.15) is 26.3 Å². The Hall–Kier alpha value is -3.59. The van der Waals surface area contributed by atoms with Crippen molar-refractivity contribution in [3.8, 4) is 5.75 Å². The predicted octanol–water partition coefficient (Wildman–Crippen LogP) is 5.92. The average Bonchev–Trinajstić information content (AvgIpc) is 3.26. The summed E-state index contributed by atoms with van der Waals surface area (Å²) in [5.41, 5.74) is -4.98. The van der Waals surface area contributed by atoms with Gasteiger partial charge in [-0.1, -0.05) is 13.8 Å². The Labute approximate surface area is 236 Å². The Balaban J connectivity index is 1.64. The van der Waals surface area contributed by atoms with E-state index in [4.69, 9.17) is 9.47 Å². The van der Waals surface area contributed by atoms with E-state index in [1.54, 1.807) is 13.8 Å². The molecule has 2 fully saturated rings. The second-order valence-corrected chi connectivity index (χ2v) is 10.6. The topological polar surface area (TPSA) is 82.6 Å². The van der Waals surface area contributed by atoms with Crippen molar-refractivity contribution >= 4 is 23.5 Å². The number of hydrogen-bond acceptors (Lipinski definition) is 5. The number of hydrogen-bond donors (Lipinski definition) is 1. The van der Waals surface area contributed by atoms with Crippen LogP contribution in [0.1, 0.15) is 31.4 Å². The van der Waals surface area contributed by atoms with Crippen LogP contribution in [0.5, 0.6) is 5.75 Å². The Kier molecular flexibility index (Phi) is 8.39. The second kappa shape index (κ2) is 11.2. The van der Waals surface area contributed by atoms with Crippen LogP contribution >= 0.6 is 0 Å². The number of rotatable bonds is 7. The molecule has 3 amide bonds. The van der Waals surface area contributed by atoms with Crippen LogP contribution in [0.2, 0.25) is 0 Å². The first-order chi connectivity index (χ1) is 19.4. The lowest BCUT2D eigenvalue weighted by atomic mass is 9.66. The zero-order valence-electron chi connectivity index (χ0n) is 22.7. The van der Waals surface area contributed by atoms with Crippen LogP contribution in [0.4, 0.5) is 51.7 Å². The van der Waals surface area contributed by atoms with E-state index in [1.807, 2.05) is 0 Å². The van der Waals surface area contributed by atoms with E-state index in [9.17, 15) is 45.4 Å². The Morgan fingerprint density at radius 1 is 1.07 bits per heavy atom. The fourth-order valence-electron chi connectivity index (χ4n) is 4.69. The molecule has 2 unspecified atom stereocenters. The first-order valence-corrected chi connectivity index (χ1v) is 12.8. The van der Waals surface area contributed by atoms with Gasteiger partial charge in [0.1, 0.15) is 11.4 Å². The third-order valence-corrected chi connectivity index (χ3v) is 7.57. The van der Waals surface area contributed by atoms with Gasteiger partial charge in [0.2, 0.25) is 0 Å². The predicted molar refractivity (Wildman–Crippen MR) is 136 cm³/mol. The van der Waals surface area contributed by atoms with Crippen LogP contribution in [-0.2, 0) is 17.1 Å². The summed E-state index contributed by atoms with van der Waals surface area (Å²) in [7, 11) is 1.11. The molecule has 1 N–H and O–H groups in total. The largest absolute Gasteiger partial charge is 0.420 e. The number of amides is 3. The van der Waals surface area contributed by atoms with Crippen molar-refractivity contribution in [1.29, 1.82) is 0 Å². The fraction of sp³-hybridized carbons (Fsp3) is 0.481. The van der Waals surface area contributed by atoms with E-state index in [0.717, 1.165) is 36.2 Å². The summed E-state index contributed by atoms with van der Waals surface area (Å²) >= 11 is 0. The van der Waals surface area contributed by atoms with Gasteiger partial charge in [-0.3, -0.25) is 9.80 Å². The summed E-state index contributed by atoms with van der Waals surface area (Å²) in [5, 5.41) is 9.85. The van der Waals surface area contributed by atoms with E-state index >= 15 is 0 Å². The number of aliphatic hydroxyl groups is 1. The molecule has 2 atom stereocenters. The smallest absolute Gasteiger partial charge is 0.407 e. The molecule has 1 saturated heterocycles. The lowest BCUT2D eigenvalue weighted by Crippen LogP contribution is -2.55. The number of halogens is 7.